The van der Waals surface area contributed by atoms with E-state index in [2.05, 4.69) is 56.4 Å². The molecule has 57 heavy (non-hydrogen) atoms. The second-order valence-electron chi connectivity index (χ2n) is 16.5. The summed E-state index contributed by atoms with van der Waals surface area (Å²) in [6, 6.07) is 0. The standard InChI is InChI=1S/C46H82NO9P/c1-6-8-10-11-12-13-14-15-16-17-18-22-25-28-32-36-45(48)52-40-42(41-54-57(50,51)53-39-38-47(3,4)5)55-46(49)37-33-29-26-23-20-19-21-24-27-31-35-44-43(56-44)34-30-9-7-2/h13-14,19,21,23,26-27,31,42-44H,6-12,15-18,20,22,24-25,28-30,32-41H2,1-5H3/p+1/b14-13-,21-19-,26-23-,31-27-/t42-,43?,44?/m1/s1. The van der Waals surface area contributed by atoms with E-state index in [0.29, 0.717) is 36.1 Å². The van der Waals surface area contributed by atoms with Crippen LogP contribution >= 0.6 is 7.82 Å². The molecule has 1 heterocycles. The molecule has 0 aromatic rings. The van der Waals surface area contributed by atoms with Crippen LogP contribution in [0.5, 0.6) is 0 Å². The minimum Gasteiger partial charge on any atom is -0.462 e. The number of ether oxygens (including phenoxy) is 3. The van der Waals surface area contributed by atoms with Gasteiger partial charge in [0, 0.05) is 12.8 Å². The quantitative estimate of drug-likeness (QED) is 0.0161. The minimum absolute atomic E-state index is 0.0174. The van der Waals surface area contributed by atoms with Crippen molar-refractivity contribution in [1.82, 2.24) is 0 Å². The van der Waals surface area contributed by atoms with E-state index in [1.807, 2.05) is 27.2 Å². The maximum absolute atomic E-state index is 12.7. The third-order valence-corrected chi connectivity index (χ3v) is 10.7. The van der Waals surface area contributed by atoms with E-state index in [4.69, 9.17) is 23.3 Å². The Morgan fingerprint density at radius 1 is 0.649 bits per heavy atom. The van der Waals surface area contributed by atoms with E-state index >= 15 is 0 Å². The second kappa shape index (κ2) is 34.8. The fraction of sp³-hybridized carbons (Fsp3) is 0.783. The van der Waals surface area contributed by atoms with Crippen LogP contribution in [0.2, 0.25) is 0 Å². The van der Waals surface area contributed by atoms with E-state index in [9.17, 15) is 19.0 Å². The number of carbonyl (C=O) groups excluding carboxylic acids is 2. The summed E-state index contributed by atoms with van der Waals surface area (Å²) in [5, 5.41) is 0. The summed E-state index contributed by atoms with van der Waals surface area (Å²) in [5.41, 5.74) is 0. The van der Waals surface area contributed by atoms with Crippen molar-refractivity contribution in [3.8, 4) is 0 Å². The van der Waals surface area contributed by atoms with Gasteiger partial charge in [0.2, 0.25) is 0 Å². The topological polar surface area (TPSA) is 121 Å². The van der Waals surface area contributed by atoms with Crippen molar-refractivity contribution < 1.29 is 46.8 Å². The van der Waals surface area contributed by atoms with E-state index in [0.717, 1.165) is 51.4 Å². The number of phosphoric acid groups is 1. The lowest BCUT2D eigenvalue weighted by Crippen LogP contribution is -2.37. The summed E-state index contributed by atoms with van der Waals surface area (Å²) in [6.07, 6.45) is 41.9. The highest BCUT2D eigenvalue weighted by atomic mass is 31.2. The lowest BCUT2D eigenvalue weighted by Gasteiger charge is -2.24. The van der Waals surface area contributed by atoms with Crippen molar-refractivity contribution in [2.75, 3.05) is 47.5 Å². The largest absolute Gasteiger partial charge is 0.472 e. The van der Waals surface area contributed by atoms with Crippen molar-refractivity contribution in [2.45, 2.75) is 186 Å². The molecule has 0 radical (unpaired) electrons. The molecule has 1 rings (SSSR count). The van der Waals surface area contributed by atoms with Crippen LogP contribution in [0.1, 0.15) is 168 Å². The van der Waals surface area contributed by atoms with E-state index in [1.165, 1.54) is 77.0 Å². The number of phosphoric ester groups is 1. The Labute approximate surface area is 348 Å². The number of quaternary nitrogens is 1. The van der Waals surface area contributed by atoms with Crippen LogP contribution in [0.15, 0.2) is 48.6 Å². The zero-order valence-corrected chi connectivity index (χ0v) is 37.7. The van der Waals surface area contributed by atoms with Gasteiger partial charge in [-0.05, 0) is 70.6 Å². The number of likely N-dealkylation sites (N-methyl/N-ethyl adjacent to an activating group) is 1. The first kappa shape index (κ1) is 52.9. The average molecular weight is 825 g/mol. The number of carbonyl (C=O) groups is 2. The summed E-state index contributed by atoms with van der Waals surface area (Å²) >= 11 is 0. The highest BCUT2D eigenvalue weighted by molar-refractivity contribution is 7.47. The fourth-order valence-corrected chi connectivity index (χ4v) is 6.84. The molecular weight excluding hydrogens is 741 g/mol. The van der Waals surface area contributed by atoms with E-state index in [1.54, 1.807) is 0 Å². The molecule has 0 spiro atoms. The number of rotatable bonds is 39. The van der Waals surface area contributed by atoms with Gasteiger partial charge >= 0.3 is 19.8 Å². The summed E-state index contributed by atoms with van der Waals surface area (Å²) in [4.78, 5) is 35.4. The molecule has 1 fully saturated rings. The molecule has 0 amide bonds. The Morgan fingerprint density at radius 2 is 1.19 bits per heavy atom. The zero-order chi connectivity index (χ0) is 41.9. The van der Waals surface area contributed by atoms with Crippen LogP contribution < -0.4 is 0 Å². The normalized spacial score (nSPS) is 17.6. The Bertz CT molecular complexity index is 1180. The SMILES string of the molecule is CCCCCC/C=C\CCCCCCCCCC(=O)OC[C@H](COP(=O)(O)OCC[N+](C)(C)C)OC(=O)CCC/C=C\C/C=C\C/C=C\CC1OC1CCCCC. The molecule has 0 aromatic carbocycles. The van der Waals surface area contributed by atoms with Crippen molar-refractivity contribution >= 4 is 19.8 Å². The molecule has 330 valence electrons. The molecule has 0 aliphatic carbocycles. The van der Waals surface area contributed by atoms with Gasteiger partial charge in [0.05, 0.1) is 40.0 Å². The van der Waals surface area contributed by atoms with Gasteiger partial charge < -0.3 is 23.6 Å². The third-order valence-electron chi connectivity index (χ3n) is 9.76. The molecule has 3 unspecified atom stereocenters. The van der Waals surface area contributed by atoms with Gasteiger partial charge in [0.1, 0.15) is 19.8 Å². The van der Waals surface area contributed by atoms with Crippen molar-refractivity contribution in [1.29, 1.82) is 0 Å². The fourth-order valence-electron chi connectivity index (χ4n) is 6.09. The highest BCUT2D eigenvalue weighted by Crippen LogP contribution is 2.43. The molecule has 0 bridgehead atoms. The molecular formula is C46H83NO9P+. The predicted octanol–water partition coefficient (Wildman–Crippen LogP) is 11.7. The monoisotopic (exact) mass is 825 g/mol. The maximum Gasteiger partial charge on any atom is 0.472 e. The second-order valence-corrected chi connectivity index (χ2v) is 17.9. The maximum atomic E-state index is 12.7. The third kappa shape index (κ3) is 35.6. The molecule has 1 aliphatic rings. The van der Waals surface area contributed by atoms with Gasteiger partial charge in [-0.3, -0.25) is 18.6 Å². The van der Waals surface area contributed by atoms with Crippen molar-refractivity contribution in [2.24, 2.45) is 0 Å². The smallest absolute Gasteiger partial charge is 0.462 e. The Hall–Kier alpha value is -2.07. The molecule has 1 N–H and O–H groups in total. The van der Waals surface area contributed by atoms with Crippen molar-refractivity contribution in [3.63, 3.8) is 0 Å². The van der Waals surface area contributed by atoms with Gasteiger partial charge in [0.15, 0.2) is 6.10 Å². The minimum atomic E-state index is -4.39. The van der Waals surface area contributed by atoms with Gasteiger partial charge in [-0.15, -0.1) is 0 Å². The molecule has 0 saturated carbocycles. The van der Waals surface area contributed by atoms with E-state index in [-0.39, 0.29) is 26.1 Å². The number of hydrogen-bond donors (Lipinski definition) is 1. The van der Waals surface area contributed by atoms with E-state index < -0.39 is 32.5 Å². The number of nitrogens with zero attached hydrogens (tertiary/aromatic N) is 1. The first-order chi connectivity index (χ1) is 27.5. The lowest BCUT2D eigenvalue weighted by molar-refractivity contribution is -0.870. The summed E-state index contributed by atoms with van der Waals surface area (Å²) in [7, 11) is 1.43. The molecule has 1 saturated heterocycles. The van der Waals surface area contributed by atoms with Crippen LogP contribution in [0.3, 0.4) is 0 Å². The van der Waals surface area contributed by atoms with Crippen LogP contribution in [-0.2, 0) is 37.4 Å². The average Bonchev–Trinajstić information content (AvgIpc) is 3.91. The van der Waals surface area contributed by atoms with Crippen LogP contribution in [-0.4, -0.2) is 87.1 Å². The first-order valence-corrected chi connectivity index (χ1v) is 24.0. The van der Waals surface area contributed by atoms with Gasteiger partial charge in [-0.2, -0.15) is 0 Å². The molecule has 4 atom stereocenters. The van der Waals surface area contributed by atoms with Gasteiger partial charge in [-0.1, -0.05) is 133 Å². The number of hydrogen-bond acceptors (Lipinski definition) is 8. The highest BCUT2D eigenvalue weighted by Gasteiger charge is 2.36. The first-order valence-electron chi connectivity index (χ1n) is 22.5. The Morgan fingerprint density at radius 3 is 1.86 bits per heavy atom. The van der Waals surface area contributed by atoms with Crippen LogP contribution in [0.25, 0.3) is 0 Å². The number of unbranched alkanes of at least 4 members (excludes halogenated alkanes) is 14. The van der Waals surface area contributed by atoms with Gasteiger partial charge in [0.25, 0.3) is 0 Å². The van der Waals surface area contributed by atoms with Crippen LogP contribution in [0, 0.1) is 0 Å². The summed E-state index contributed by atoms with van der Waals surface area (Å²) in [5.74, 6) is -0.876. The summed E-state index contributed by atoms with van der Waals surface area (Å²) in [6.45, 7) is 4.30. The number of allylic oxidation sites excluding steroid dienone is 7. The Balaban J connectivity index is 2.32. The van der Waals surface area contributed by atoms with Gasteiger partial charge in [-0.25, -0.2) is 4.57 Å². The number of epoxide rings is 1. The lowest BCUT2D eigenvalue weighted by atomic mass is 10.1. The molecule has 11 heteroatoms. The van der Waals surface area contributed by atoms with Crippen LogP contribution in [0.4, 0.5) is 0 Å². The Kier molecular flexibility index (Phi) is 32.3. The van der Waals surface area contributed by atoms with Crippen molar-refractivity contribution in [3.05, 3.63) is 48.6 Å². The predicted molar refractivity (Wildman–Crippen MR) is 233 cm³/mol. The zero-order valence-electron chi connectivity index (χ0n) is 36.8. The summed E-state index contributed by atoms with van der Waals surface area (Å²) < 4.78 is 40.0. The number of esters is 2. The molecule has 1 aliphatic heterocycles. The molecule has 0 aromatic heterocycles. The molecule has 10 nitrogen and oxygen atoms in total.